The number of hydrogen-bond donors (Lipinski definition) is 2. The van der Waals surface area contributed by atoms with E-state index in [0.717, 1.165) is 22.6 Å². The summed E-state index contributed by atoms with van der Waals surface area (Å²) in [7, 11) is 1.63. The second-order valence-corrected chi connectivity index (χ2v) is 7.38. The van der Waals surface area contributed by atoms with Crippen LogP contribution in [0.15, 0.2) is 77.9 Å². The molecule has 0 aliphatic carbocycles. The molecule has 0 spiro atoms. The summed E-state index contributed by atoms with van der Waals surface area (Å²) < 4.78 is 5.24. The van der Waals surface area contributed by atoms with Crippen molar-refractivity contribution >= 4 is 35.4 Å². The van der Waals surface area contributed by atoms with Crippen molar-refractivity contribution in [1.29, 1.82) is 0 Å². The molecule has 0 aliphatic heterocycles. The number of methoxy groups -OCH3 is 1. The molecule has 0 saturated carbocycles. The third-order valence-corrected chi connectivity index (χ3v) is 4.79. The van der Waals surface area contributed by atoms with Crippen LogP contribution in [0.1, 0.15) is 11.1 Å². The van der Waals surface area contributed by atoms with Crippen LogP contribution in [-0.4, -0.2) is 28.3 Å². The molecule has 8 heteroatoms. The van der Waals surface area contributed by atoms with Crippen LogP contribution < -0.4 is 15.5 Å². The molecule has 0 bridgehead atoms. The Hall–Kier alpha value is -3.97. The molecule has 2 N–H and O–H groups in total. The molecule has 7 nitrogen and oxygen atoms in total. The number of nitrogens with zero attached hydrogens (tertiary/aromatic N) is 4. The first kappa shape index (κ1) is 21.3. The Balaban J connectivity index is 1.62. The van der Waals surface area contributed by atoms with Crippen LogP contribution in [0.4, 0.5) is 17.6 Å². The summed E-state index contributed by atoms with van der Waals surface area (Å²) in [6.45, 7) is 2.04. The van der Waals surface area contributed by atoms with Gasteiger partial charge in [-0.15, -0.1) is 0 Å². The number of ether oxygens (including phenoxy) is 1. The lowest BCUT2D eigenvalue weighted by atomic mass is 10.2. The van der Waals surface area contributed by atoms with Crippen molar-refractivity contribution < 1.29 is 4.74 Å². The fourth-order valence-corrected chi connectivity index (χ4v) is 2.96. The molecular weight excluding hydrogens is 424 g/mol. The van der Waals surface area contributed by atoms with E-state index in [1.807, 2.05) is 67.6 Å². The summed E-state index contributed by atoms with van der Waals surface area (Å²) in [5.41, 5.74) is 6.67. The number of halogens is 1. The minimum absolute atomic E-state index is 0.311. The minimum Gasteiger partial charge on any atom is -0.497 e. The van der Waals surface area contributed by atoms with E-state index in [-0.39, 0.29) is 0 Å². The fourth-order valence-electron chi connectivity index (χ4n) is 2.83. The van der Waals surface area contributed by atoms with Gasteiger partial charge in [0.1, 0.15) is 5.75 Å². The molecule has 3 aromatic carbocycles. The summed E-state index contributed by atoms with van der Waals surface area (Å²) in [4.78, 5) is 13.5. The highest BCUT2D eigenvalue weighted by atomic mass is 35.5. The van der Waals surface area contributed by atoms with Crippen LogP contribution in [0.5, 0.6) is 5.75 Å². The third-order valence-electron chi connectivity index (χ3n) is 4.54. The average Bonchev–Trinajstić information content (AvgIpc) is 2.82. The highest BCUT2D eigenvalue weighted by Crippen LogP contribution is 2.23. The van der Waals surface area contributed by atoms with Gasteiger partial charge in [-0.05, 0) is 61.0 Å². The smallest absolute Gasteiger partial charge is 0.248 e. The lowest BCUT2D eigenvalue weighted by molar-refractivity contribution is 0.415. The molecular formula is C24H21ClN6O. The highest BCUT2D eigenvalue weighted by molar-refractivity contribution is 6.30. The molecule has 4 rings (SSSR count). The van der Waals surface area contributed by atoms with Crippen LogP contribution in [0.3, 0.4) is 0 Å². The summed E-state index contributed by atoms with van der Waals surface area (Å²) in [5, 5.41) is 8.10. The molecule has 160 valence electrons. The Morgan fingerprint density at radius 3 is 2.22 bits per heavy atom. The van der Waals surface area contributed by atoms with Crippen molar-refractivity contribution in [1.82, 2.24) is 15.0 Å². The summed E-state index contributed by atoms with van der Waals surface area (Å²) in [6.07, 6.45) is 1.71. The molecule has 0 atom stereocenters. The zero-order valence-electron chi connectivity index (χ0n) is 17.6. The molecule has 0 fully saturated rings. The number of hydrazone groups is 1. The third kappa shape index (κ3) is 5.59. The maximum atomic E-state index is 5.98. The van der Waals surface area contributed by atoms with Gasteiger partial charge in [0.15, 0.2) is 5.82 Å². The molecule has 0 unspecified atom stereocenters. The van der Waals surface area contributed by atoms with E-state index >= 15 is 0 Å². The standard InChI is InChI=1S/C24H21ClN6O/c1-16-3-5-17(6-4-16)15-26-31-24-29-22(18-7-13-21(32-2)14-8-18)28-23(30-24)27-20-11-9-19(25)10-12-20/h3-15H,1-2H3,(H2,27,28,29,30,31)/b26-15+. The topological polar surface area (TPSA) is 84.3 Å². The lowest BCUT2D eigenvalue weighted by Gasteiger charge is -2.09. The molecule has 4 aromatic rings. The van der Waals surface area contributed by atoms with Crippen molar-refractivity contribution in [2.45, 2.75) is 6.92 Å². The van der Waals surface area contributed by atoms with Crippen molar-refractivity contribution in [3.05, 3.63) is 88.9 Å². The average molecular weight is 445 g/mol. The summed E-state index contributed by atoms with van der Waals surface area (Å²) in [5.74, 6) is 1.93. The van der Waals surface area contributed by atoms with Crippen LogP contribution in [-0.2, 0) is 0 Å². The van der Waals surface area contributed by atoms with E-state index in [9.17, 15) is 0 Å². The van der Waals surface area contributed by atoms with Crippen molar-refractivity contribution in [2.75, 3.05) is 17.9 Å². The minimum atomic E-state index is 0.311. The molecule has 0 radical (unpaired) electrons. The van der Waals surface area contributed by atoms with Crippen LogP contribution in [0, 0.1) is 6.92 Å². The maximum absolute atomic E-state index is 5.98. The molecule has 0 amide bonds. The van der Waals surface area contributed by atoms with Gasteiger partial charge >= 0.3 is 0 Å². The van der Waals surface area contributed by atoms with Crippen molar-refractivity contribution in [3.8, 4) is 17.1 Å². The molecule has 32 heavy (non-hydrogen) atoms. The Morgan fingerprint density at radius 1 is 0.844 bits per heavy atom. The molecule has 0 aliphatic rings. The van der Waals surface area contributed by atoms with E-state index in [2.05, 4.69) is 30.8 Å². The van der Waals surface area contributed by atoms with Gasteiger partial charge in [-0.1, -0.05) is 41.4 Å². The number of anilines is 3. The first-order chi connectivity index (χ1) is 15.6. The van der Waals surface area contributed by atoms with Gasteiger partial charge in [0.25, 0.3) is 0 Å². The maximum Gasteiger partial charge on any atom is 0.248 e. The molecule has 1 heterocycles. The van der Waals surface area contributed by atoms with E-state index in [4.69, 9.17) is 16.3 Å². The number of hydrogen-bond acceptors (Lipinski definition) is 7. The number of rotatable bonds is 7. The van der Waals surface area contributed by atoms with Crippen molar-refractivity contribution in [3.63, 3.8) is 0 Å². The Bertz CT molecular complexity index is 1210. The van der Waals surface area contributed by atoms with E-state index < -0.39 is 0 Å². The van der Waals surface area contributed by atoms with Gasteiger partial charge in [-0.25, -0.2) is 5.43 Å². The zero-order valence-corrected chi connectivity index (χ0v) is 18.3. The highest BCUT2D eigenvalue weighted by Gasteiger charge is 2.09. The predicted molar refractivity (Wildman–Crippen MR) is 129 cm³/mol. The summed E-state index contributed by atoms with van der Waals surface area (Å²) in [6, 6.07) is 22.8. The normalized spacial score (nSPS) is 10.8. The molecule has 0 saturated heterocycles. The van der Waals surface area contributed by atoms with E-state index in [1.165, 1.54) is 5.56 Å². The van der Waals surface area contributed by atoms with E-state index in [0.29, 0.717) is 22.7 Å². The quantitative estimate of drug-likeness (QED) is 0.281. The van der Waals surface area contributed by atoms with Crippen LogP contribution in [0.2, 0.25) is 5.02 Å². The van der Waals surface area contributed by atoms with Gasteiger partial charge < -0.3 is 10.1 Å². The monoisotopic (exact) mass is 444 g/mol. The van der Waals surface area contributed by atoms with Gasteiger partial charge in [-0.2, -0.15) is 20.1 Å². The largest absolute Gasteiger partial charge is 0.497 e. The SMILES string of the molecule is COc1ccc(-c2nc(N/N=C/c3ccc(C)cc3)nc(Nc3ccc(Cl)cc3)n2)cc1. The number of aryl methyl sites for hydroxylation is 1. The Morgan fingerprint density at radius 2 is 1.53 bits per heavy atom. The first-order valence-corrected chi connectivity index (χ1v) is 10.3. The van der Waals surface area contributed by atoms with Gasteiger partial charge in [0.05, 0.1) is 13.3 Å². The molecule has 1 aromatic heterocycles. The Labute approximate surface area is 191 Å². The summed E-state index contributed by atoms with van der Waals surface area (Å²) >= 11 is 5.98. The lowest BCUT2D eigenvalue weighted by Crippen LogP contribution is -2.05. The predicted octanol–water partition coefficient (Wildman–Crippen LogP) is 5.70. The van der Waals surface area contributed by atoms with Gasteiger partial charge in [0.2, 0.25) is 11.9 Å². The van der Waals surface area contributed by atoms with Crippen LogP contribution in [0.25, 0.3) is 11.4 Å². The van der Waals surface area contributed by atoms with Crippen molar-refractivity contribution in [2.24, 2.45) is 5.10 Å². The van der Waals surface area contributed by atoms with E-state index in [1.54, 1.807) is 25.5 Å². The second kappa shape index (κ2) is 9.89. The van der Waals surface area contributed by atoms with Gasteiger partial charge in [0, 0.05) is 16.3 Å². The fraction of sp³-hybridized carbons (Fsp3) is 0.0833. The first-order valence-electron chi connectivity index (χ1n) is 9.88. The Kier molecular flexibility index (Phi) is 6.57. The number of benzene rings is 3. The number of aromatic nitrogens is 3. The number of nitrogens with one attached hydrogen (secondary N) is 2. The van der Waals surface area contributed by atoms with Gasteiger partial charge in [-0.3, -0.25) is 0 Å². The zero-order chi connectivity index (χ0) is 22.3. The second-order valence-electron chi connectivity index (χ2n) is 6.95. The van der Waals surface area contributed by atoms with Crippen LogP contribution >= 0.6 is 11.6 Å².